The number of methoxy groups -OCH3 is 1. The molecule has 1 N–H and O–H groups in total. The van der Waals surface area contributed by atoms with Crippen LogP contribution in [0, 0.1) is 0 Å². The third-order valence-corrected chi connectivity index (χ3v) is 4.31. The van der Waals surface area contributed by atoms with Gasteiger partial charge < -0.3 is 29.2 Å². The van der Waals surface area contributed by atoms with Crippen LogP contribution >= 0.6 is 0 Å². The van der Waals surface area contributed by atoms with E-state index in [4.69, 9.17) is 18.9 Å². The highest BCUT2D eigenvalue weighted by Gasteiger charge is 2.40. The molecule has 7 nitrogen and oxygen atoms in total. The summed E-state index contributed by atoms with van der Waals surface area (Å²) in [5.41, 5.74) is 0. The van der Waals surface area contributed by atoms with Gasteiger partial charge in [0, 0.05) is 32.0 Å². The van der Waals surface area contributed by atoms with Gasteiger partial charge in [0.05, 0.1) is 26.9 Å². The molecule has 1 aromatic rings. The maximum absolute atomic E-state index is 12.2. The van der Waals surface area contributed by atoms with Gasteiger partial charge in [-0.25, -0.2) is 4.79 Å². The van der Waals surface area contributed by atoms with Crippen molar-refractivity contribution < 1.29 is 23.7 Å². The van der Waals surface area contributed by atoms with Crippen LogP contribution in [0.4, 0.5) is 4.79 Å². The van der Waals surface area contributed by atoms with E-state index in [-0.39, 0.29) is 6.03 Å². The molecule has 2 fully saturated rings. The number of hydrogen-bond acceptors (Lipinski definition) is 5. The van der Waals surface area contributed by atoms with Crippen molar-refractivity contribution in [3.05, 3.63) is 24.3 Å². The molecule has 0 atom stereocenters. The molecule has 1 aromatic carbocycles. The first kappa shape index (κ1) is 16.9. The smallest absolute Gasteiger partial charge is 0.317 e. The Hall–Kier alpha value is -1.99. The molecule has 2 aliphatic heterocycles. The van der Waals surface area contributed by atoms with Crippen LogP contribution in [-0.2, 0) is 9.47 Å². The van der Waals surface area contributed by atoms with Crippen LogP contribution in [-0.4, -0.2) is 63.3 Å². The highest BCUT2D eigenvalue weighted by Crippen LogP contribution is 2.31. The zero-order chi connectivity index (χ0) is 16.8. The summed E-state index contributed by atoms with van der Waals surface area (Å²) in [5.74, 6) is 1.01. The van der Waals surface area contributed by atoms with Gasteiger partial charge in [0.25, 0.3) is 0 Å². The summed E-state index contributed by atoms with van der Waals surface area (Å²) < 4.78 is 22.1. The van der Waals surface area contributed by atoms with E-state index in [9.17, 15) is 4.79 Å². The Balaban J connectivity index is 1.35. The second-order valence-corrected chi connectivity index (χ2v) is 5.85. The zero-order valence-electron chi connectivity index (χ0n) is 14.0. The first-order chi connectivity index (χ1) is 11.7. The average molecular weight is 336 g/mol. The van der Waals surface area contributed by atoms with Crippen LogP contribution in [0.25, 0.3) is 0 Å². The number of carbonyl (C=O) groups excluding carboxylic acids is 1. The number of nitrogens with one attached hydrogen (secondary N) is 1. The van der Waals surface area contributed by atoms with Crippen LogP contribution in [0.5, 0.6) is 11.5 Å². The largest absolute Gasteiger partial charge is 0.497 e. The van der Waals surface area contributed by atoms with Crippen LogP contribution < -0.4 is 14.8 Å². The van der Waals surface area contributed by atoms with E-state index in [1.807, 2.05) is 24.3 Å². The van der Waals surface area contributed by atoms with Gasteiger partial charge in [-0.1, -0.05) is 6.07 Å². The molecule has 3 rings (SSSR count). The molecule has 2 aliphatic rings. The lowest BCUT2D eigenvalue weighted by Gasteiger charge is -2.37. The lowest BCUT2D eigenvalue weighted by atomic mass is 10.0. The number of ether oxygens (including phenoxy) is 4. The monoisotopic (exact) mass is 336 g/mol. The Morgan fingerprint density at radius 1 is 1.25 bits per heavy atom. The van der Waals surface area contributed by atoms with Crippen molar-refractivity contribution in [1.29, 1.82) is 0 Å². The summed E-state index contributed by atoms with van der Waals surface area (Å²) in [6.45, 7) is 3.43. The van der Waals surface area contributed by atoms with E-state index in [0.717, 1.165) is 24.3 Å². The minimum absolute atomic E-state index is 0.0721. The molecule has 2 saturated heterocycles. The minimum Gasteiger partial charge on any atom is -0.497 e. The van der Waals surface area contributed by atoms with Gasteiger partial charge in [-0.05, 0) is 12.1 Å². The van der Waals surface area contributed by atoms with E-state index in [2.05, 4.69) is 5.32 Å². The number of piperidine rings is 1. The molecular formula is C17H24N2O5. The normalized spacial score (nSPS) is 19.3. The molecule has 0 bridgehead atoms. The van der Waals surface area contributed by atoms with E-state index in [1.54, 1.807) is 12.0 Å². The number of urea groups is 1. The Morgan fingerprint density at radius 2 is 1.96 bits per heavy atom. The number of amides is 2. The van der Waals surface area contributed by atoms with Crippen LogP contribution in [0.2, 0.25) is 0 Å². The fourth-order valence-corrected chi connectivity index (χ4v) is 2.97. The quantitative estimate of drug-likeness (QED) is 0.828. The number of nitrogens with zero attached hydrogens (tertiary/aromatic N) is 1. The minimum atomic E-state index is -0.452. The Morgan fingerprint density at radius 3 is 2.67 bits per heavy atom. The summed E-state index contributed by atoms with van der Waals surface area (Å²) in [4.78, 5) is 14.0. The summed E-state index contributed by atoms with van der Waals surface area (Å²) in [7, 11) is 1.61. The number of rotatable bonds is 5. The molecule has 0 aliphatic carbocycles. The van der Waals surface area contributed by atoms with Gasteiger partial charge in [-0.2, -0.15) is 0 Å². The first-order valence-electron chi connectivity index (χ1n) is 8.28. The van der Waals surface area contributed by atoms with E-state index in [0.29, 0.717) is 39.5 Å². The predicted octanol–water partition coefficient (Wildman–Crippen LogP) is 1.62. The number of carbonyl (C=O) groups is 1. The lowest BCUT2D eigenvalue weighted by Crippen LogP contribution is -2.50. The molecule has 0 saturated carbocycles. The van der Waals surface area contributed by atoms with Crippen molar-refractivity contribution in [2.75, 3.05) is 46.6 Å². The number of likely N-dealkylation sites (tertiary alicyclic amines) is 1. The fourth-order valence-electron chi connectivity index (χ4n) is 2.97. The molecule has 0 aromatic heterocycles. The molecule has 2 amide bonds. The predicted molar refractivity (Wildman–Crippen MR) is 87.3 cm³/mol. The van der Waals surface area contributed by atoms with Gasteiger partial charge in [-0.15, -0.1) is 0 Å². The zero-order valence-corrected chi connectivity index (χ0v) is 14.0. The van der Waals surface area contributed by atoms with E-state index >= 15 is 0 Å². The van der Waals surface area contributed by atoms with Crippen LogP contribution in [0.1, 0.15) is 12.8 Å². The van der Waals surface area contributed by atoms with Gasteiger partial charge in [-0.3, -0.25) is 0 Å². The molecule has 0 radical (unpaired) electrons. The van der Waals surface area contributed by atoms with Crippen LogP contribution in [0.15, 0.2) is 24.3 Å². The fraction of sp³-hybridized carbons (Fsp3) is 0.588. The molecule has 0 unspecified atom stereocenters. The molecule has 24 heavy (non-hydrogen) atoms. The summed E-state index contributed by atoms with van der Waals surface area (Å²) in [6, 6.07) is 7.32. The van der Waals surface area contributed by atoms with Crippen molar-refractivity contribution in [1.82, 2.24) is 10.2 Å². The maximum Gasteiger partial charge on any atom is 0.317 e. The standard InChI is InChI=1S/C17H24N2O5/c1-21-14-3-2-4-15(13-14)22-10-7-18-16(20)19-8-5-17(6-9-19)23-11-12-24-17/h2-4,13H,5-12H2,1H3,(H,18,20). The second-order valence-electron chi connectivity index (χ2n) is 5.85. The molecule has 2 heterocycles. The first-order valence-corrected chi connectivity index (χ1v) is 8.28. The van der Waals surface area contributed by atoms with Crippen molar-refractivity contribution >= 4 is 6.03 Å². The van der Waals surface area contributed by atoms with E-state index in [1.165, 1.54) is 0 Å². The average Bonchev–Trinajstić information content (AvgIpc) is 3.07. The van der Waals surface area contributed by atoms with Gasteiger partial charge in [0.2, 0.25) is 0 Å². The number of benzene rings is 1. The topological polar surface area (TPSA) is 69.3 Å². The summed E-state index contributed by atoms with van der Waals surface area (Å²) in [6.07, 6.45) is 1.45. The lowest BCUT2D eigenvalue weighted by molar-refractivity contribution is -0.181. The van der Waals surface area contributed by atoms with E-state index < -0.39 is 5.79 Å². The maximum atomic E-state index is 12.2. The van der Waals surface area contributed by atoms with Crippen molar-refractivity contribution in [3.63, 3.8) is 0 Å². The third-order valence-electron chi connectivity index (χ3n) is 4.31. The van der Waals surface area contributed by atoms with Crippen molar-refractivity contribution in [2.45, 2.75) is 18.6 Å². The highest BCUT2D eigenvalue weighted by atomic mass is 16.7. The van der Waals surface area contributed by atoms with Gasteiger partial charge in [0.1, 0.15) is 18.1 Å². The third kappa shape index (κ3) is 4.10. The summed E-state index contributed by atoms with van der Waals surface area (Å²) in [5, 5.41) is 2.88. The van der Waals surface area contributed by atoms with Gasteiger partial charge in [0.15, 0.2) is 5.79 Å². The van der Waals surface area contributed by atoms with Crippen molar-refractivity contribution in [3.8, 4) is 11.5 Å². The molecule has 7 heteroatoms. The molecular weight excluding hydrogens is 312 g/mol. The second kappa shape index (κ2) is 7.72. The Bertz CT molecular complexity index is 550. The number of hydrogen-bond donors (Lipinski definition) is 1. The van der Waals surface area contributed by atoms with Gasteiger partial charge >= 0.3 is 6.03 Å². The Kier molecular flexibility index (Phi) is 5.42. The Labute approximate surface area is 141 Å². The molecule has 1 spiro atoms. The summed E-state index contributed by atoms with van der Waals surface area (Å²) >= 11 is 0. The van der Waals surface area contributed by atoms with Crippen LogP contribution in [0.3, 0.4) is 0 Å². The molecule has 132 valence electrons. The SMILES string of the molecule is COc1cccc(OCCNC(=O)N2CCC3(CC2)OCCO3)c1. The highest BCUT2D eigenvalue weighted by molar-refractivity contribution is 5.74. The van der Waals surface area contributed by atoms with Crippen molar-refractivity contribution in [2.24, 2.45) is 0 Å².